The average Bonchev–Trinajstić information content (AvgIpc) is 2.81. The molecule has 1 aliphatic heterocycles. The lowest BCUT2D eigenvalue weighted by molar-refractivity contribution is -0.141. The van der Waals surface area contributed by atoms with Crippen molar-refractivity contribution in [2.24, 2.45) is 0 Å². The van der Waals surface area contributed by atoms with E-state index in [1.54, 1.807) is 11.9 Å². The zero-order chi connectivity index (χ0) is 14.8. The van der Waals surface area contributed by atoms with Crippen LogP contribution in [0.25, 0.3) is 0 Å². The van der Waals surface area contributed by atoms with Gasteiger partial charge in [-0.05, 0) is 12.1 Å². The fourth-order valence-corrected chi connectivity index (χ4v) is 1.69. The predicted molar refractivity (Wildman–Crippen MR) is 63.2 cm³/mol. The van der Waals surface area contributed by atoms with Crippen LogP contribution in [0.5, 0.6) is 0 Å². The van der Waals surface area contributed by atoms with Crippen LogP contribution in [0.3, 0.4) is 0 Å². The van der Waals surface area contributed by atoms with Crippen molar-refractivity contribution in [2.45, 2.75) is 6.18 Å². The summed E-state index contributed by atoms with van der Waals surface area (Å²) in [6, 6.07) is 2.13. The number of cyclic esters (lactones) is 1. The van der Waals surface area contributed by atoms with Gasteiger partial charge in [-0.2, -0.15) is 13.2 Å². The molecule has 0 atom stereocenters. The maximum atomic E-state index is 12.3. The number of halogens is 3. The van der Waals surface area contributed by atoms with Gasteiger partial charge >= 0.3 is 12.3 Å². The molecule has 1 amide bonds. The van der Waals surface area contributed by atoms with E-state index in [1.165, 1.54) is 11.0 Å². The molecule has 1 fully saturated rings. The minimum Gasteiger partial charge on any atom is -0.448 e. The molecule has 1 saturated heterocycles. The largest absolute Gasteiger partial charge is 0.448 e. The highest BCUT2D eigenvalue weighted by molar-refractivity contribution is 5.69. The summed E-state index contributed by atoms with van der Waals surface area (Å²) >= 11 is 0. The van der Waals surface area contributed by atoms with Crippen molar-refractivity contribution in [3.05, 3.63) is 17.8 Å². The topological polar surface area (TPSA) is 58.6 Å². The number of ether oxygens (including phenoxy) is 1. The van der Waals surface area contributed by atoms with Gasteiger partial charge in [0.15, 0.2) is 11.5 Å². The summed E-state index contributed by atoms with van der Waals surface area (Å²) in [7, 11) is 1.67. The summed E-state index contributed by atoms with van der Waals surface area (Å²) in [5, 5.41) is 6.67. The Kier molecular flexibility index (Phi) is 3.96. The van der Waals surface area contributed by atoms with Crippen molar-refractivity contribution in [3.8, 4) is 0 Å². The minimum atomic E-state index is -4.50. The van der Waals surface area contributed by atoms with Crippen molar-refractivity contribution in [2.75, 3.05) is 38.2 Å². The number of aromatic nitrogens is 2. The fourth-order valence-electron chi connectivity index (χ4n) is 1.69. The van der Waals surface area contributed by atoms with Crippen LogP contribution in [0.4, 0.5) is 23.8 Å². The highest BCUT2D eigenvalue weighted by Crippen LogP contribution is 2.27. The molecule has 6 nitrogen and oxygen atoms in total. The molecule has 2 heterocycles. The second-order valence-electron chi connectivity index (χ2n) is 4.30. The third-order valence-corrected chi connectivity index (χ3v) is 2.88. The van der Waals surface area contributed by atoms with Crippen LogP contribution in [-0.4, -0.2) is 54.5 Å². The summed E-state index contributed by atoms with van der Waals surface area (Å²) < 4.78 is 41.8. The van der Waals surface area contributed by atoms with Gasteiger partial charge in [0.25, 0.3) is 0 Å². The van der Waals surface area contributed by atoms with Gasteiger partial charge in [-0.15, -0.1) is 10.2 Å². The van der Waals surface area contributed by atoms with E-state index in [-0.39, 0.29) is 6.09 Å². The number of hydrogen-bond acceptors (Lipinski definition) is 5. The number of carbonyl (C=O) groups excluding carboxylic acids is 1. The van der Waals surface area contributed by atoms with Crippen molar-refractivity contribution in [3.63, 3.8) is 0 Å². The number of alkyl halides is 3. The Morgan fingerprint density at radius 3 is 2.65 bits per heavy atom. The summed E-state index contributed by atoms with van der Waals surface area (Å²) in [6.07, 6.45) is -4.87. The van der Waals surface area contributed by atoms with Gasteiger partial charge < -0.3 is 14.5 Å². The lowest BCUT2D eigenvalue weighted by atomic mass is 10.3. The zero-order valence-electron chi connectivity index (χ0n) is 10.7. The molecule has 20 heavy (non-hydrogen) atoms. The van der Waals surface area contributed by atoms with Crippen LogP contribution in [-0.2, 0) is 10.9 Å². The monoisotopic (exact) mass is 290 g/mol. The van der Waals surface area contributed by atoms with Gasteiger partial charge in [-0.25, -0.2) is 4.79 Å². The van der Waals surface area contributed by atoms with E-state index in [0.717, 1.165) is 6.07 Å². The second-order valence-corrected chi connectivity index (χ2v) is 4.30. The van der Waals surface area contributed by atoms with E-state index in [0.29, 0.717) is 32.1 Å². The molecule has 110 valence electrons. The number of hydrogen-bond donors (Lipinski definition) is 0. The molecule has 0 aliphatic carbocycles. The van der Waals surface area contributed by atoms with Crippen LogP contribution < -0.4 is 4.90 Å². The highest BCUT2D eigenvalue weighted by Gasteiger charge is 2.33. The van der Waals surface area contributed by atoms with Gasteiger partial charge in [0.05, 0.1) is 6.54 Å². The van der Waals surface area contributed by atoms with Gasteiger partial charge in [0, 0.05) is 20.1 Å². The van der Waals surface area contributed by atoms with E-state index in [9.17, 15) is 18.0 Å². The smallest absolute Gasteiger partial charge is 0.435 e. The molecule has 0 spiro atoms. The molecular formula is C11H13F3N4O2. The van der Waals surface area contributed by atoms with E-state index in [1.807, 2.05) is 0 Å². The molecule has 0 aromatic carbocycles. The lowest BCUT2D eigenvalue weighted by Crippen LogP contribution is -2.34. The first-order valence-corrected chi connectivity index (χ1v) is 5.91. The Morgan fingerprint density at radius 1 is 1.40 bits per heavy atom. The Hall–Kier alpha value is -2.06. The standard InChI is InChI=1S/C11H13F3N4O2/c1-17(4-5-18-6-7-20-10(18)19)9-3-2-8(15-16-9)11(12,13)14/h2-3H,4-7H2,1H3. The summed E-state index contributed by atoms with van der Waals surface area (Å²) in [5.74, 6) is 0.311. The van der Waals surface area contributed by atoms with Crippen molar-refractivity contribution in [1.82, 2.24) is 15.1 Å². The van der Waals surface area contributed by atoms with Crippen LogP contribution in [0, 0.1) is 0 Å². The van der Waals surface area contributed by atoms with Gasteiger partial charge in [-0.3, -0.25) is 0 Å². The van der Waals surface area contributed by atoms with Gasteiger partial charge in [0.2, 0.25) is 0 Å². The third-order valence-electron chi connectivity index (χ3n) is 2.88. The van der Waals surface area contributed by atoms with Crippen LogP contribution >= 0.6 is 0 Å². The molecule has 2 rings (SSSR count). The molecule has 0 N–H and O–H groups in total. The number of rotatable bonds is 4. The third kappa shape index (κ3) is 3.28. The minimum absolute atomic E-state index is 0.311. The maximum Gasteiger partial charge on any atom is 0.435 e. The van der Waals surface area contributed by atoms with Crippen LogP contribution in [0.15, 0.2) is 12.1 Å². The molecule has 0 radical (unpaired) electrons. The molecular weight excluding hydrogens is 277 g/mol. The summed E-state index contributed by atoms with van der Waals surface area (Å²) in [6.45, 7) is 1.72. The van der Waals surface area contributed by atoms with Crippen molar-refractivity contribution in [1.29, 1.82) is 0 Å². The average molecular weight is 290 g/mol. The normalized spacial score (nSPS) is 15.4. The van der Waals surface area contributed by atoms with Crippen LogP contribution in [0.2, 0.25) is 0 Å². The van der Waals surface area contributed by atoms with Gasteiger partial charge in [-0.1, -0.05) is 0 Å². The Labute approximate surface area is 113 Å². The number of likely N-dealkylation sites (N-methyl/N-ethyl adjacent to an activating group) is 1. The van der Waals surface area contributed by atoms with E-state index in [4.69, 9.17) is 4.74 Å². The van der Waals surface area contributed by atoms with E-state index >= 15 is 0 Å². The van der Waals surface area contributed by atoms with Crippen molar-refractivity contribution >= 4 is 11.9 Å². The Balaban J connectivity index is 1.92. The molecule has 0 saturated carbocycles. The summed E-state index contributed by atoms with van der Waals surface area (Å²) in [5.41, 5.74) is -1.03. The summed E-state index contributed by atoms with van der Waals surface area (Å²) in [4.78, 5) is 14.4. The number of carbonyl (C=O) groups is 1. The Morgan fingerprint density at radius 2 is 2.15 bits per heavy atom. The molecule has 1 aromatic heterocycles. The van der Waals surface area contributed by atoms with E-state index in [2.05, 4.69) is 10.2 Å². The molecule has 0 unspecified atom stereocenters. The Bertz CT molecular complexity index is 478. The lowest BCUT2D eigenvalue weighted by Gasteiger charge is -2.20. The highest BCUT2D eigenvalue weighted by atomic mass is 19.4. The quantitative estimate of drug-likeness (QED) is 0.838. The molecule has 0 bridgehead atoms. The first kappa shape index (κ1) is 14.4. The number of anilines is 1. The number of nitrogens with zero attached hydrogens (tertiary/aromatic N) is 4. The van der Waals surface area contributed by atoms with Crippen molar-refractivity contribution < 1.29 is 22.7 Å². The first-order valence-electron chi connectivity index (χ1n) is 5.91. The second kappa shape index (κ2) is 5.51. The van der Waals surface area contributed by atoms with E-state index < -0.39 is 11.9 Å². The first-order chi connectivity index (χ1) is 9.38. The number of amides is 1. The molecule has 9 heteroatoms. The zero-order valence-corrected chi connectivity index (χ0v) is 10.7. The fraction of sp³-hybridized carbons (Fsp3) is 0.545. The maximum absolute atomic E-state index is 12.3. The molecule has 1 aliphatic rings. The SMILES string of the molecule is CN(CCN1CCOC1=O)c1ccc(C(F)(F)F)nn1. The van der Waals surface area contributed by atoms with Gasteiger partial charge in [0.1, 0.15) is 6.61 Å². The van der Waals surface area contributed by atoms with Crippen LogP contribution in [0.1, 0.15) is 5.69 Å². The predicted octanol–water partition coefficient (Wildman–Crippen LogP) is 1.38. The molecule has 1 aromatic rings.